The van der Waals surface area contributed by atoms with Gasteiger partial charge in [0.2, 0.25) is 0 Å². The molecule has 0 spiro atoms. The van der Waals surface area contributed by atoms with E-state index in [0.29, 0.717) is 16.7 Å². The SMILES string of the molecule is O=C(NCc1cccc(NC(=O)N2CCCC2)c1)c1cc(=O)c2ccccc2o1. The molecule has 0 unspecified atom stereocenters. The maximum Gasteiger partial charge on any atom is 0.321 e. The van der Waals surface area contributed by atoms with E-state index in [2.05, 4.69) is 10.6 Å². The lowest BCUT2D eigenvalue weighted by Gasteiger charge is -2.16. The Labute approximate surface area is 167 Å². The molecule has 0 aliphatic carbocycles. The van der Waals surface area contributed by atoms with E-state index in [0.717, 1.165) is 31.5 Å². The molecule has 1 aliphatic heterocycles. The van der Waals surface area contributed by atoms with Crippen molar-refractivity contribution in [1.29, 1.82) is 0 Å². The number of likely N-dealkylation sites (tertiary alicyclic amines) is 1. The predicted molar refractivity (Wildman–Crippen MR) is 110 cm³/mol. The van der Waals surface area contributed by atoms with E-state index in [1.165, 1.54) is 6.07 Å². The number of carbonyl (C=O) groups excluding carboxylic acids is 2. The molecule has 0 saturated carbocycles. The highest BCUT2D eigenvalue weighted by atomic mass is 16.3. The Balaban J connectivity index is 1.42. The number of hydrogen-bond donors (Lipinski definition) is 2. The van der Waals surface area contributed by atoms with Gasteiger partial charge in [-0.15, -0.1) is 0 Å². The predicted octanol–water partition coefficient (Wildman–Crippen LogP) is 3.35. The van der Waals surface area contributed by atoms with Crippen LogP contribution in [0.3, 0.4) is 0 Å². The second kappa shape index (κ2) is 8.18. The van der Waals surface area contributed by atoms with Crippen LogP contribution in [0.4, 0.5) is 10.5 Å². The van der Waals surface area contributed by atoms with Crippen molar-refractivity contribution in [2.75, 3.05) is 18.4 Å². The van der Waals surface area contributed by atoms with Crippen LogP contribution in [0, 0.1) is 0 Å². The summed E-state index contributed by atoms with van der Waals surface area (Å²) >= 11 is 0. The molecule has 1 aliphatic rings. The summed E-state index contributed by atoms with van der Waals surface area (Å²) in [6, 6.07) is 15.2. The van der Waals surface area contributed by atoms with Crippen LogP contribution in [-0.4, -0.2) is 29.9 Å². The summed E-state index contributed by atoms with van der Waals surface area (Å²) in [5.74, 6) is -0.508. The first-order valence-electron chi connectivity index (χ1n) is 9.56. The van der Waals surface area contributed by atoms with Gasteiger partial charge in [-0.1, -0.05) is 24.3 Å². The van der Waals surface area contributed by atoms with Gasteiger partial charge in [0, 0.05) is 31.4 Å². The molecule has 0 atom stereocenters. The van der Waals surface area contributed by atoms with Crippen LogP contribution in [0.5, 0.6) is 0 Å². The molecule has 0 radical (unpaired) electrons. The molecule has 3 amide bonds. The van der Waals surface area contributed by atoms with Gasteiger partial charge in [0.05, 0.1) is 5.39 Å². The maximum absolute atomic E-state index is 12.4. The Kier molecular flexibility index (Phi) is 5.29. The second-order valence-corrected chi connectivity index (χ2v) is 6.98. The second-order valence-electron chi connectivity index (χ2n) is 6.98. The van der Waals surface area contributed by atoms with Crippen molar-refractivity contribution < 1.29 is 14.0 Å². The Morgan fingerprint density at radius 3 is 2.62 bits per heavy atom. The molecule has 3 aromatic rings. The molecule has 2 aromatic carbocycles. The van der Waals surface area contributed by atoms with Gasteiger partial charge in [0.25, 0.3) is 5.91 Å². The molecule has 1 fully saturated rings. The van der Waals surface area contributed by atoms with E-state index in [1.54, 1.807) is 29.2 Å². The summed E-state index contributed by atoms with van der Waals surface area (Å²) in [7, 11) is 0. The largest absolute Gasteiger partial charge is 0.451 e. The standard InChI is InChI=1S/C22H21N3O4/c26-18-13-20(29-19-9-2-1-8-17(18)19)21(27)23-14-15-6-5-7-16(12-15)24-22(28)25-10-3-4-11-25/h1-2,5-9,12-13H,3-4,10-11,14H2,(H,23,27)(H,24,28). The lowest BCUT2D eigenvalue weighted by molar-refractivity contribution is 0.0923. The Morgan fingerprint density at radius 2 is 1.79 bits per heavy atom. The first-order chi connectivity index (χ1) is 14.1. The lowest BCUT2D eigenvalue weighted by Crippen LogP contribution is -2.32. The van der Waals surface area contributed by atoms with Gasteiger partial charge >= 0.3 is 6.03 Å². The Hall–Kier alpha value is -3.61. The van der Waals surface area contributed by atoms with Crippen LogP contribution >= 0.6 is 0 Å². The fourth-order valence-electron chi connectivity index (χ4n) is 3.37. The number of anilines is 1. The molecule has 7 nitrogen and oxygen atoms in total. The molecule has 4 rings (SSSR count). The number of fused-ring (bicyclic) bond motifs is 1. The van der Waals surface area contributed by atoms with Crippen molar-refractivity contribution in [2.45, 2.75) is 19.4 Å². The summed E-state index contributed by atoms with van der Waals surface area (Å²) in [5.41, 5.74) is 1.60. The highest BCUT2D eigenvalue weighted by molar-refractivity contribution is 5.93. The zero-order chi connectivity index (χ0) is 20.2. The highest BCUT2D eigenvalue weighted by Gasteiger charge is 2.18. The summed E-state index contributed by atoms with van der Waals surface area (Å²) < 4.78 is 5.55. The molecule has 2 N–H and O–H groups in total. The fraction of sp³-hybridized carbons (Fsp3) is 0.227. The van der Waals surface area contributed by atoms with E-state index < -0.39 is 5.91 Å². The molecule has 7 heteroatoms. The van der Waals surface area contributed by atoms with Crippen LogP contribution < -0.4 is 16.1 Å². The van der Waals surface area contributed by atoms with Crippen molar-refractivity contribution in [2.24, 2.45) is 0 Å². The van der Waals surface area contributed by atoms with E-state index >= 15 is 0 Å². The van der Waals surface area contributed by atoms with E-state index in [4.69, 9.17) is 4.42 Å². The first-order valence-corrected chi connectivity index (χ1v) is 9.56. The number of carbonyl (C=O) groups is 2. The average molecular weight is 391 g/mol. The zero-order valence-corrected chi connectivity index (χ0v) is 15.8. The third kappa shape index (κ3) is 4.29. The number of urea groups is 1. The number of amides is 3. The number of nitrogens with one attached hydrogen (secondary N) is 2. The molecule has 0 bridgehead atoms. The van der Waals surface area contributed by atoms with Gasteiger partial charge in [-0.2, -0.15) is 0 Å². The van der Waals surface area contributed by atoms with Gasteiger partial charge in [-0.3, -0.25) is 9.59 Å². The summed E-state index contributed by atoms with van der Waals surface area (Å²) in [6.07, 6.45) is 2.06. The highest BCUT2D eigenvalue weighted by Crippen LogP contribution is 2.15. The van der Waals surface area contributed by atoms with Crippen LogP contribution in [0.15, 0.2) is 63.8 Å². The minimum atomic E-state index is -0.473. The van der Waals surface area contributed by atoms with Crippen LogP contribution in [0.1, 0.15) is 29.0 Å². The van der Waals surface area contributed by atoms with Crippen molar-refractivity contribution in [3.63, 3.8) is 0 Å². The zero-order valence-electron chi connectivity index (χ0n) is 15.8. The Morgan fingerprint density at radius 1 is 1.00 bits per heavy atom. The molecule has 2 heterocycles. The number of hydrogen-bond acceptors (Lipinski definition) is 4. The van der Waals surface area contributed by atoms with Crippen molar-refractivity contribution in [1.82, 2.24) is 10.2 Å². The summed E-state index contributed by atoms with van der Waals surface area (Å²) in [5, 5.41) is 6.07. The summed E-state index contributed by atoms with van der Waals surface area (Å²) in [4.78, 5) is 38.6. The fourth-order valence-corrected chi connectivity index (χ4v) is 3.37. The summed E-state index contributed by atoms with van der Waals surface area (Å²) in [6.45, 7) is 1.79. The molecule has 1 aromatic heterocycles. The van der Waals surface area contributed by atoms with Crippen molar-refractivity contribution in [3.05, 3.63) is 76.1 Å². The van der Waals surface area contributed by atoms with Gasteiger partial charge in [0.1, 0.15) is 5.58 Å². The molecular formula is C22H21N3O4. The van der Waals surface area contributed by atoms with E-state index in [9.17, 15) is 14.4 Å². The molecule has 1 saturated heterocycles. The smallest absolute Gasteiger partial charge is 0.321 e. The van der Waals surface area contributed by atoms with Crippen molar-refractivity contribution in [3.8, 4) is 0 Å². The topological polar surface area (TPSA) is 91.7 Å². The molecule has 29 heavy (non-hydrogen) atoms. The van der Waals surface area contributed by atoms with Crippen molar-refractivity contribution >= 4 is 28.6 Å². The van der Waals surface area contributed by atoms with Crippen LogP contribution in [0.2, 0.25) is 0 Å². The van der Waals surface area contributed by atoms with E-state index in [-0.39, 0.29) is 23.8 Å². The molecular weight excluding hydrogens is 370 g/mol. The molecule has 148 valence electrons. The monoisotopic (exact) mass is 391 g/mol. The Bertz CT molecular complexity index is 1120. The van der Waals surface area contributed by atoms with Gasteiger partial charge < -0.3 is 20.0 Å². The lowest BCUT2D eigenvalue weighted by atomic mass is 10.2. The van der Waals surface area contributed by atoms with Crippen LogP contribution in [-0.2, 0) is 6.54 Å². The quantitative estimate of drug-likeness (QED) is 0.713. The average Bonchev–Trinajstić information content (AvgIpc) is 3.27. The van der Waals surface area contributed by atoms with Gasteiger partial charge in [0.15, 0.2) is 11.2 Å². The normalized spacial score (nSPS) is 13.4. The number of benzene rings is 2. The number of para-hydroxylation sites is 1. The van der Waals surface area contributed by atoms with Gasteiger partial charge in [-0.05, 0) is 42.7 Å². The van der Waals surface area contributed by atoms with E-state index in [1.807, 2.05) is 24.3 Å². The number of nitrogens with zero attached hydrogens (tertiary/aromatic N) is 1. The maximum atomic E-state index is 12.4. The first kappa shape index (κ1) is 18.7. The minimum absolute atomic E-state index is 0.0350. The van der Waals surface area contributed by atoms with Crippen LogP contribution in [0.25, 0.3) is 11.0 Å². The third-order valence-electron chi connectivity index (χ3n) is 4.88. The number of rotatable bonds is 4. The third-order valence-corrected chi connectivity index (χ3v) is 4.88. The van der Waals surface area contributed by atoms with Gasteiger partial charge in [-0.25, -0.2) is 4.79 Å². The minimum Gasteiger partial charge on any atom is -0.451 e.